The molecule has 0 spiro atoms. The highest BCUT2D eigenvalue weighted by atomic mass is 32.1. The lowest BCUT2D eigenvalue weighted by atomic mass is 9.92. The van der Waals surface area contributed by atoms with Gasteiger partial charge in [-0.05, 0) is 235 Å². The summed E-state index contributed by atoms with van der Waals surface area (Å²) < 4.78 is 14.0. The van der Waals surface area contributed by atoms with Gasteiger partial charge >= 0.3 is 0 Å². The van der Waals surface area contributed by atoms with Crippen molar-refractivity contribution in [1.29, 1.82) is 0 Å². The van der Waals surface area contributed by atoms with Gasteiger partial charge in [0.15, 0.2) is 17.5 Å². The second kappa shape index (κ2) is 39.6. The molecule has 0 atom stereocenters. The Balaban J connectivity index is 0.000000100. The third kappa shape index (κ3) is 17.7. The van der Waals surface area contributed by atoms with Gasteiger partial charge in [-0.2, -0.15) is 0 Å². The van der Waals surface area contributed by atoms with Gasteiger partial charge in [0.05, 0.1) is 11.0 Å². The lowest BCUT2D eigenvalue weighted by molar-refractivity contribution is 1.01. The van der Waals surface area contributed by atoms with Crippen LogP contribution in [0.25, 0.3) is 258 Å². The molecule has 708 valence electrons. The number of rotatable bonds is 12. The van der Waals surface area contributed by atoms with Gasteiger partial charge in [-0.25, -0.2) is 15.0 Å². The van der Waals surface area contributed by atoms with E-state index in [1.807, 2.05) is 72.0 Å². The number of para-hydroxylation sites is 5. The first kappa shape index (κ1) is 91.3. The first-order valence-corrected chi connectivity index (χ1v) is 51.6. The van der Waals surface area contributed by atoms with E-state index in [0.717, 1.165) is 16.7 Å². The minimum absolute atomic E-state index is 0.667. The average molecular weight is 1930 g/mol. The van der Waals surface area contributed by atoms with Crippen LogP contribution in [0.4, 0.5) is 0 Å². The SMILES string of the molecule is Cc1ccc2c3ccccc3n(-c3ccccc3)c2c1.Cn1c2cc(-c3ccccc3)ccc2c2ccc(-c3ccccc3)cc21.Cn1c2ccccc2c2cc(-c3ccc4sc5ccc(-c6nc(-c7ccccc7)nc(-c7ccccc7)n6)cc5c4c3)ccc21.Cn1c2ccccc2c2ccc(-c3cccc(-c4cc(-c5ccccc5)cc(-c5ccccc5)c4)c3)cc21.Cn1c2ccccc2c2ccc(-c3ccccc3)cc21. The van der Waals surface area contributed by atoms with E-state index in [1.165, 1.54) is 229 Å². The van der Waals surface area contributed by atoms with Gasteiger partial charge in [0.1, 0.15) is 0 Å². The zero-order valence-electron chi connectivity index (χ0n) is 83.2. The summed E-state index contributed by atoms with van der Waals surface area (Å²) in [4.78, 5) is 14.8. The summed E-state index contributed by atoms with van der Waals surface area (Å²) in [6, 6.07) is 188. The molecule has 0 N–H and O–H groups in total. The minimum atomic E-state index is 0.667. The van der Waals surface area contributed by atoms with Crippen LogP contribution in [0.3, 0.4) is 0 Å². The molecule has 0 unspecified atom stereocenters. The van der Waals surface area contributed by atoms with Crippen molar-refractivity contribution in [3.8, 4) is 129 Å². The number of nitrogens with zero attached hydrogens (tertiary/aromatic N) is 8. The zero-order valence-corrected chi connectivity index (χ0v) is 84.0. The van der Waals surface area contributed by atoms with Crippen molar-refractivity contribution < 1.29 is 0 Å². The van der Waals surface area contributed by atoms with Crippen molar-refractivity contribution in [2.24, 2.45) is 28.2 Å². The molecule has 0 saturated heterocycles. The summed E-state index contributed by atoms with van der Waals surface area (Å²) >= 11 is 1.82. The summed E-state index contributed by atoms with van der Waals surface area (Å²) in [6.45, 7) is 2.15. The van der Waals surface area contributed by atoms with E-state index in [2.05, 4.69) is 525 Å². The fourth-order valence-electron chi connectivity index (χ4n) is 21.7. The van der Waals surface area contributed by atoms with Crippen LogP contribution in [0.2, 0.25) is 0 Å². The van der Waals surface area contributed by atoms with Crippen molar-refractivity contribution in [3.05, 3.63) is 533 Å². The van der Waals surface area contributed by atoms with E-state index >= 15 is 0 Å². The van der Waals surface area contributed by atoms with Crippen molar-refractivity contribution >= 4 is 141 Å². The van der Waals surface area contributed by atoms with Crippen LogP contribution in [0.1, 0.15) is 5.56 Å². The number of fused-ring (bicyclic) bond motifs is 18. The van der Waals surface area contributed by atoms with Crippen LogP contribution in [-0.4, -0.2) is 37.8 Å². The molecule has 0 aliphatic heterocycles. The standard InChI is InChI=1S/C40H26N4S.C37H27N.C25H19N.2C19H15N/c1-44-34-15-9-8-14-30(34)31-22-27(16-19-35(31)44)28-17-20-36-32(23-28)33-24-29(18-21-37(33)45-36)40-42-38(25-10-4-2-5-11-25)41-39(43-40)26-12-6-3-7-13-26;1-38-36-18-9-8-17-34(36)35-20-19-30(25-37(35)38)28-15-10-16-29(21-28)33-23-31(26-11-4-2-5-12-26)22-32(24-33)27-13-6-3-7-14-27;1-26-24-16-20(18-8-4-2-5-9-18)12-14-22(24)23-15-13-21(17-25(23)26)19-10-6-3-7-11-19;1-20-18-10-6-5-9-16(18)17-12-11-15(13-19(17)20)14-7-3-2-4-8-14;1-14-11-12-17-16-9-5-6-10-18(16)20(19(17)13-14)15-7-3-2-4-8-15/h2-24H,1H3;2-25H,1H3;2-17H,1H3;2*2-13H,1H3. The summed E-state index contributed by atoms with van der Waals surface area (Å²) in [5.74, 6) is 2.00. The molecule has 0 saturated carbocycles. The largest absolute Gasteiger partial charge is 0.344 e. The summed E-state index contributed by atoms with van der Waals surface area (Å²) in [5, 5.41) is 15.5. The highest BCUT2D eigenvalue weighted by Gasteiger charge is 2.21. The van der Waals surface area contributed by atoms with E-state index in [-0.39, 0.29) is 0 Å². The highest BCUT2D eigenvalue weighted by molar-refractivity contribution is 7.25. The Bertz CT molecular complexity index is 9850. The van der Waals surface area contributed by atoms with Gasteiger partial charge in [0.25, 0.3) is 0 Å². The second-order valence-corrected chi connectivity index (χ2v) is 39.5. The topological polar surface area (TPSA) is 63.3 Å². The Labute approximate surface area is 869 Å². The summed E-state index contributed by atoms with van der Waals surface area (Å²) in [5.41, 5.74) is 37.8. The van der Waals surface area contributed by atoms with Gasteiger partial charge < -0.3 is 22.8 Å². The van der Waals surface area contributed by atoms with E-state index in [0.29, 0.717) is 17.5 Å². The van der Waals surface area contributed by atoms with Gasteiger partial charge in [0, 0.05) is 169 Å². The molecular formula is C140H102N8S. The Hall–Kier alpha value is -18.9. The predicted octanol–water partition coefficient (Wildman–Crippen LogP) is 37.3. The zero-order chi connectivity index (χ0) is 99.9. The molecule has 9 heteroatoms. The third-order valence-corrected chi connectivity index (χ3v) is 30.5. The van der Waals surface area contributed by atoms with E-state index in [1.54, 1.807) is 0 Å². The second-order valence-electron chi connectivity index (χ2n) is 38.4. The molecule has 7 aromatic heterocycles. The molecule has 0 radical (unpaired) electrons. The van der Waals surface area contributed by atoms with Crippen molar-refractivity contribution in [3.63, 3.8) is 0 Å². The van der Waals surface area contributed by atoms with Crippen LogP contribution in [-0.2, 0) is 28.2 Å². The van der Waals surface area contributed by atoms with Crippen LogP contribution in [0, 0.1) is 6.92 Å². The minimum Gasteiger partial charge on any atom is -0.344 e. The monoisotopic (exact) mass is 1930 g/mol. The number of aromatic nitrogens is 8. The van der Waals surface area contributed by atoms with Crippen LogP contribution in [0.15, 0.2) is 528 Å². The molecule has 0 fully saturated rings. The van der Waals surface area contributed by atoms with Gasteiger partial charge in [0.2, 0.25) is 0 Å². The van der Waals surface area contributed by atoms with Gasteiger partial charge in [-0.3, -0.25) is 0 Å². The fourth-order valence-corrected chi connectivity index (χ4v) is 22.8. The molecule has 0 aliphatic carbocycles. The van der Waals surface area contributed by atoms with E-state index in [9.17, 15) is 0 Å². The predicted molar refractivity (Wildman–Crippen MR) is 633 cm³/mol. The lowest BCUT2D eigenvalue weighted by Crippen LogP contribution is -2.00. The van der Waals surface area contributed by atoms with E-state index < -0.39 is 0 Å². The summed E-state index contributed by atoms with van der Waals surface area (Å²) in [7, 11) is 8.60. The Morgan fingerprint density at radius 3 is 0.812 bits per heavy atom. The van der Waals surface area contributed by atoms with Crippen molar-refractivity contribution in [2.45, 2.75) is 6.92 Å². The van der Waals surface area contributed by atoms with Crippen molar-refractivity contribution in [2.75, 3.05) is 0 Å². The molecule has 0 bridgehead atoms. The van der Waals surface area contributed by atoms with Gasteiger partial charge in [-0.15, -0.1) is 11.3 Å². The maximum Gasteiger partial charge on any atom is 0.164 e. The number of thiophene rings is 1. The maximum absolute atomic E-state index is 4.97. The number of aryl methyl sites for hydroxylation is 5. The molecule has 8 nitrogen and oxygen atoms in total. The molecule has 149 heavy (non-hydrogen) atoms. The quantitative estimate of drug-likeness (QED) is 0.122. The first-order chi connectivity index (χ1) is 73.4. The molecule has 0 aliphatic rings. The third-order valence-electron chi connectivity index (χ3n) is 29.4. The Kier molecular flexibility index (Phi) is 24.3. The molecule has 29 rings (SSSR count). The fraction of sp³-hybridized carbons (Fsp3) is 0.0357. The van der Waals surface area contributed by atoms with Crippen LogP contribution in [0.5, 0.6) is 0 Å². The number of hydrogen-bond acceptors (Lipinski definition) is 4. The molecule has 0 amide bonds. The maximum atomic E-state index is 4.97. The lowest BCUT2D eigenvalue weighted by Gasteiger charge is -2.12. The van der Waals surface area contributed by atoms with E-state index in [4.69, 9.17) is 15.0 Å². The Morgan fingerprint density at radius 2 is 0.389 bits per heavy atom. The van der Waals surface area contributed by atoms with Crippen LogP contribution < -0.4 is 0 Å². The summed E-state index contributed by atoms with van der Waals surface area (Å²) in [6.07, 6.45) is 0. The van der Waals surface area contributed by atoms with Crippen molar-refractivity contribution in [1.82, 2.24) is 37.8 Å². The molecular weight excluding hydrogens is 1830 g/mol. The highest BCUT2D eigenvalue weighted by Crippen LogP contribution is 2.45. The average Bonchev–Trinajstić information content (AvgIpc) is 1.59. The smallest absolute Gasteiger partial charge is 0.164 e. The number of benzene rings is 22. The molecule has 7 heterocycles. The molecule has 29 aromatic rings. The molecule has 22 aromatic carbocycles. The van der Waals surface area contributed by atoms with Gasteiger partial charge in [-0.1, -0.05) is 394 Å². The van der Waals surface area contributed by atoms with Crippen LogP contribution >= 0.6 is 11.3 Å². The first-order valence-electron chi connectivity index (χ1n) is 50.8. The normalized spacial score (nSPS) is 11.4. The Morgan fingerprint density at radius 1 is 0.148 bits per heavy atom. The number of hydrogen-bond donors (Lipinski definition) is 0.